The van der Waals surface area contributed by atoms with Gasteiger partial charge in [-0.2, -0.15) is 0 Å². The van der Waals surface area contributed by atoms with E-state index in [1.807, 2.05) is 0 Å². The van der Waals surface area contributed by atoms with Crippen molar-refractivity contribution in [2.45, 2.75) is 19.5 Å². The molecular formula is C11H12FNO4. The van der Waals surface area contributed by atoms with Crippen LogP contribution in [0.25, 0.3) is 0 Å². The molecule has 17 heavy (non-hydrogen) atoms. The van der Waals surface area contributed by atoms with Crippen LogP contribution in [0.1, 0.15) is 23.0 Å². The Morgan fingerprint density at radius 1 is 1.53 bits per heavy atom. The van der Waals surface area contributed by atoms with Crippen molar-refractivity contribution >= 4 is 11.9 Å². The van der Waals surface area contributed by atoms with E-state index in [9.17, 15) is 14.0 Å². The van der Waals surface area contributed by atoms with E-state index in [0.717, 1.165) is 0 Å². The van der Waals surface area contributed by atoms with Crippen LogP contribution in [-0.2, 0) is 16.0 Å². The predicted octanol–water partition coefficient (Wildman–Crippen LogP) is 1.22. The van der Waals surface area contributed by atoms with Gasteiger partial charge in [0.2, 0.25) is 6.17 Å². The molecule has 0 aliphatic heterocycles. The maximum atomic E-state index is 13.3. The van der Waals surface area contributed by atoms with E-state index in [1.165, 1.54) is 18.3 Å². The molecule has 5 nitrogen and oxygen atoms in total. The minimum absolute atomic E-state index is 0.120. The first-order chi connectivity index (χ1) is 8.04. The molecule has 0 radical (unpaired) electrons. The first kappa shape index (κ1) is 13.1. The second-order valence-electron chi connectivity index (χ2n) is 3.28. The van der Waals surface area contributed by atoms with Gasteiger partial charge in [-0.25, -0.2) is 19.0 Å². The second-order valence-corrected chi connectivity index (χ2v) is 3.28. The SMILES string of the molecule is CCOC(=O)C(F)Cc1ccc(C(=O)O)nc1. The highest BCUT2D eigenvalue weighted by Crippen LogP contribution is 2.07. The van der Waals surface area contributed by atoms with Gasteiger partial charge in [-0.3, -0.25) is 0 Å². The van der Waals surface area contributed by atoms with Crippen molar-refractivity contribution in [3.63, 3.8) is 0 Å². The molecular weight excluding hydrogens is 229 g/mol. The topological polar surface area (TPSA) is 76.5 Å². The third-order valence-electron chi connectivity index (χ3n) is 2.00. The zero-order chi connectivity index (χ0) is 12.8. The van der Waals surface area contributed by atoms with Crippen molar-refractivity contribution in [2.75, 3.05) is 6.61 Å². The lowest BCUT2D eigenvalue weighted by Gasteiger charge is -2.07. The van der Waals surface area contributed by atoms with Crippen LogP contribution < -0.4 is 0 Å². The zero-order valence-electron chi connectivity index (χ0n) is 9.22. The van der Waals surface area contributed by atoms with Gasteiger partial charge in [-0.15, -0.1) is 0 Å². The Morgan fingerprint density at radius 3 is 2.71 bits per heavy atom. The molecule has 0 aliphatic carbocycles. The number of aromatic carboxylic acids is 1. The number of alkyl halides is 1. The van der Waals surface area contributed by atoms with Crippen LogP contribution in [0, 0.1) is 0 Å². The standard InChI is InChI=1S/C11H12FNO4/c1-2-17-11(16)8(12)5-7-3-4-9(10(14)15)13-6-7/h3-4,6,8H,2,5H2,1H3,(H,14,15). The fourth-order valence-electron chi connectivity index (χ4n) is 1.19. The number of hydrogen-bond donors (Lipinski definition) is 1. The summed E-state index contributed by atoms with van der Waals surface area (Å²) in [6.07, 6.45) is -0.700. The summed E-state index contributed by atoms with van der Waals surface area (Å²) in [4.78, 5) is 25.1. The van der Waals surface area contributed by atoms with Gasteiger partial charge in [-0.1, -0.05) is 6.07 Å². The normalized spacial score (nSPS) is 11.9. The third-order valence-corrected chi connectivity index (χ3v) is 2.00. The molecule has 1 heterocycles. The lowest BCUT2D eigenvalue weighted by atomic mass is 10.1. The Balaban J connectivity index is 2.63. The van der Waals surface area contributed by atoms with E-state index in [4.69, 9.17) is 5.11 Å². The Hall–Kier alpha value is -1.98. The first-order valence-corrected chi connectivity index (χ1v) is 5.03. The molecule has 1 aromatic heterocycles. The molecule has 1 N–H and O–H groups in total. The van der Waals surface area contributed by atoms with Gasteiger partial charge < -0.3 is 9.84 Å². The smallest absolute Gasteiger partial charge is 0.354 e. The average Bonchev–Trinajstić information content (AvgIpc) is 2.30. The van der Waals surface area contributed by atoms with Crippen LogP contribution in [0.15, 0.2) is 18.3 Å². The average molecular weight is 241 g/mol. The van der Waals surface area contributed by atoms with Crippen molar-refractivity contribution in [1.82, 2.24) is 4.98 Å². The number of hydrogen-bond acceptors (Lipinski definition) is 4. The molecule has 92 valence electrons. The number of carboxylic acids is 1. The monoisotopic (exact) mass is 241 g/mol. The van der Waals surface area contributed by atoms with E-state index < -0.39 is 18.1 Å². The minimum atomic E-state index is -1.76. The summed E-state index contributed by atoms with van der Waals surface area (Å²) in [7, 11) is 0. The van der Waals surface area contributed by atoms with Crippen molar-refractivity contribution in [1.29, 1.82) is 0 Å². The number of aromatic nitrogens is 1. The highest BCUT2D eigenvalue weighted by molar-refractivity contribution is 5.85. The van der Waals surface area contributed by atoms with Crippen LogP contribution in [0.2, 0.25) is 0 Å². The van der Waals surface area contributed by atoms with E-state index >= 15 is 0 Å². The number of carbonyl (C=O) groups excluding carboxylic acids is 1. The van der Waals surface area contributed by atoms with Gasteiger partial charge in [0.05, 0.1) is 6.61 Å². The van der Waals surface area contributed by atoms with Crippen LogP contribution in [0.3, 0.4) is 0 Å². The number of halogens is 1. The Labute approximate surface area is 97.2 Å². The summed E-state index contributed by atoms with van der Waals surface area (Å²) < 4.78 is 17.8. The summed E-state index contributed by atoms with van der Waals surface area (Å²) >= 11 is 0. The molecule has 0 saturated carbocycles. The molecule has 1 atom stereocenters. The molecule has 0 spiro atoms. The molecule has 1 unspecified atom stereocenters. The number of esters is 1. The van der Waals surface area contributed by atoms with Crippen LogP contribution in [0.4, 0.5) is 4.39 Å². The van der Waals surface area contributed by atoms with Gasteiger partial charge in [0.1, 0.15) is 5.69 Å². The van der Waals surface area contributed by atoms with Crippen molar-refractivity contribution in [2.24, 2.45) is 0 Å². The first-order valence-electron chi connectivity index (χ1n) is 5.03. The summed E-state index contributed by atoms with van der Waals surface area (Å²) in [5.41, 5.74) is 0.316. The minimum Gasteiger partial charge on any atom is -0.477 e. The molecule has 1 rings (SSSR count). The number of rotatable bonds is 5. The van der Waals surface area contributed by atoms with Gasteiger partial charge in [0.25, 0.3) is 0 Å². The van der Waals surface area contributed by atoms with Gasteiger partial charge in [0, 0.05) is 12.6 Å². The summed E-state index contributed by atoms with van der Waals surface area (Å²) in [6.45, 7) is 1.71. The van der Waals surface area contributed by atoms with Crippen molar-refractivity contribution < 1.29 is 23.8 Å². The predicted molar refractivity (Wildman–Crippen MR) is 56.4 cm³/mol. The van der Waals surface area contributed by atoms with E-state index in [1.54, 1.807) is 6.92 Å². The fourth-order valence-corrected chi connectivity index (χ4v) is 1.19. The number of carboxylic acid groups (broad SMARTS) is 1. The molecule has 1 aromatic rings. The van der Waals surface area contributed by atoms with Crippen LogP contribution >= 0.6 is 0 Å². The number of nitrogens with zero attached hydrogens (tertiary/aromatic N) is 1. The fraction of sp³-hybridized carbons (Fsp3) is 0.364. The van der Waals surface area contributed by atoms with Crippen LogP contribution in [-0.4, -0.2) is 34.8 Å². The van der Waals surface area contributed by atoms with Crippen molar-refractivity contribution in [3.8, 4) is 0 Å². The van der Waals surface area contributed by atoms with E-state index in [0.29, 0.717) is 5.56 Å². The molecule has 0 fully saturated rings. The summed E-state index contributed by atoms with van der Waals surface area (Å²) in [6, 6.07) is 2.68. The number of carbonyl (C=O) groups is 2. The largest absolute Gasteiger partial charge is 0.477 e. The zero-order valence-corrected chi connectivity index (χ0v) is 9.22. The van der Waals surface area contributed by atoms with Crippen LogP contribution in [0.5, 0.6) is 0 Å². The van der Waals surface area contributed by atoms with Gasteiger partial charge in [-0.05, 0) is 18.6 Å². The molecule has 0 aromatic carbocycles. The number of pyridine rings is 1. The Bertz CT molecular complexity index is 404. The molecule has 6 heteroatoms. The Kier molecular flexibility index (Phi) is 4.56. The summed E-state index contributed by atoms with van der Waals surface area (Å²) in [5, 5.41) is 8.61. The second kappa shape index (κ2) is 5.93. The quantitative estimate of drug-likeness (QED) is 0.784. The van der Waals surface area contributed by atoms with Crippen molar-refractivity contribution in [3.05, 3.63) is 29.6 Å². The highest BCUT2D eigenvalue weighted by Gasteiger charge is 2.19. The highest BCUT2D eigenvalue weighted by atomic mass is 19.1. The molecule has 0 saturated heterocycles. The summed E-state index contributed by atoms with van der Waals surface area (Å²) in [5.74, 6) is -2.08. The van der Waals surface area contributed by atoms with E-state index in [2.05, 4.69) is 9.72 Å². The van der Waals surface area contributed by atoms with E-state index in [-0.39, 0.29) is 18.7 Å². The van der Waals surface area contributed by atoms with Gasteiger partial charge >= 0.3 is 11.9 Å². The van der Waals surface area contributed by atoms with Gasteiger partial charge in [0.15, 0.2) is 0 Å². The lowest BCUT2D eigenvalue weighted by molar-refractivity contribution is -0.149. The molecule has 0 bridgehead atoms. The lowest BCUT2D eigenvalue weighted by Crippen LogP contribution is -2.21. The number of ether oxygens (including phenoxy) is 1. The maximum absolute atomic E-state index is 13.3. The Morgan fingerprint density at radius 2 is 2.24 bits per heavy atom. The molecule has 0 amide bonds. The molecule has 0 aliphatic rings. The maximum Gasteiger partial charge on any atom is 0.354 e. The third kappa shape index (κ3) is 3.82.